The van der Waals surface area contributed by atoms with E-state index in [-0.39, 0.29) is 11.3 Å². The van der Waals surface area contributed by atoms with Crippen molar-refractivity contribution in [3.8, 4) is 5.75 Å². The first kappa shape index (κ1) is 41.1. The quantitative estimate of drug-likeness (QED) is 0.206. The normalized spacial score (nSPS) is 28.2. The lowest BCUT2D eigenvalue weighted by Crippen LogP contribution is -2.65. The zero-order chi connectivity index (χ0) is 38.9. The molecule has 0 bridgehead atoms. The van der Waals surface area contributed by atoms with Gasteiger partial charge >= 0.3 is 47.8 Å². The smallest absolute Gasteiger partial charge is 0.339 e. The Bertz CT molecular complexity index is 1510. The Balaban J connectivity index is 2.08. The lowest BCUT2D eigenvalue weighted by Gasteiger charge is -2.45. The number of ether oxygens (including phenoxy) is 11. The van der Waals surface area contributed by atoms with Crippen LogP contribution in [0.1, 0.15) is 51.9 Å². The van der Waals surface area contributed by atoms with Crippen molar-refractivity contribution in [1.29, 1.82) is 0 Å². The summed E-state index contributed by atoms with van der Waals surface area (Å²) in [4.78, 5) is 97.4. The molecule has 2 fully saturated rings. The second-order valence-electron chi connectivity index (χ2n) is 11.2. The average molecular weight is 743 g/mol. The van der Waals surface area contributed by atoms with Crippen molar-refractivity contribution in [2.45, 2.75) is 103 Å². The maximum Gasteiger partial charge on any atom is 0.339 e. The van der Waals surface area contributed by atoms with E-state index in [9.17, 15) is 43.5 Å². The average Bonchev–Trinajstić information content (AvgIpc) is 3.03. The lowest BCUT2D eigenvalue weighted by atomic mass is 9.97. The maximum atomic E-state index is 12.8. The van der Waals surface area contributed by atoms with Crippen LogP contribution < -0.4 is 4.74 Å². The van der Waals surface area contributed by atoms with E-state index in [0.29, 0.717) is 0 Å². The predicted molar refractivity (Wildman–Crippen MR) is 163 cm³/mol. The number of aromatic carboxylic acids is 1. The summed E-state index contributed by atoms with van der Waals surface area (Å²) in [5, 5.41) is 9.26. The maximum absolute atomic E-state index is 12.8. The van der Waals surface area contributed by atoms with Crippen LogP contribution in [0.25, 0.3) is 0 Å². The Morgan fingerprint density at radius 3 is 1.46 bits per heavy atom. The van der Waals surface area contributed by atoms with Crippen molar-refractivity contribution in [3.63, 3.8) is 0 Å². The zero-order valence-electron chi connectivity index (χ0n) is 29.0. The molecule has 0 aromatic heterocycles. The summed E-state index contributed by atoms with van der Waals surface area (Å²) in [5.41, 5.74) is -0.0875. The molecular formula is C32H38O20. The number of benzene rings is 1. The largest absolute Gasteiger partial charge is 0.478 e. The third kappa shape index (κ3) is 11.1. The SMILES string of the molecule is COC(=O)C1O[C@@H](OC[C@H]2O[C@@H](Oc3ccc(C(=O)O)cc3)[C@H](OC(C)=O)[C@@H](OC(C)=O)[C@H]2OC(C)=O)[C@H](OC(C)=O)[C@@H](OC(C)=O)[C@@H]1OC(C)=O. The standard InChI is InChI=1S/C32H38O20/c1-13(33)44-22-21(51-32(28(49-18(6)38)23(22)45-14(2)34)50-20-10-8-19(9-11-20)29(39)40)12-43-31-27(48-17(5)37)25(47-16(4)36)24(46-15(3)35)26(52-31)30(41)42-7/h8-11,21-28,31-32H,12H2,1-7H3,(H,39,40)/t21-,22+,23+,24+,25+,26?,27-,28-,31-,32-/m1/s1. The Labute approximate surface area is 295 Å². The van der Waals surface area contributed by atoms with Gasteiger partial charge in [0.25, 0.3) is 0 Å². The Morgan fingerprint density at radius 1 is 0.577 bits per heavy atom. The van der Waals surface area contributed by atoms with Gasteiger partial charge in [-0.25, -0.2) is 9.59 Å². The molecular weight excluding hydrogens is 704 g/mol. The van der Waals surface area contributed by atoms with Crippen molar-refractivity contribution in [3.05, 3.63) is 29.8 Å². The van der Waals surface area contributed by atoms with Gasteiger partial charge in [0, 0.05) is 41.5 Å². The Morgan fingerprint density at radius 2 is 1.00 bits per heavy atom. The molecule has 1 N–H and O–H groups in total. The highest BCUT2D eigenvalue weighted by Gasteiger charge is 2.57. The molecule has 2 aliphatic rings. The zero-order valence-corrected chi connectivity index (χ0v) is 29.0. The molecule has 0 radical (unpaired) electrons. The third-order valence-electron chi connectivity index (χ3n) is 7.11. The van der Waals surface area contributed by atoms with E-state index in [2.05, 4.69) is 0 Å². The topological polar surface area (TPSA) is 258 Å². The molecule has 3 rings (SSSR count). The van der Waals surface area contributed by atoms with Gasteiger partial charge in [0.2, 0.25) is 12.4 Å². The van der Waals surface area contributed by atoms with Gasteiger partial charge in [-0.1, -0.05) is 0 Å². The molecule has 0 aliphatic carbocycles. The van der Waals surface area contributed by atoms with Crippen molar-refractivity contribution < 1.29 is 95.6 Å². The molecule has 0 spiro atoms. The van der Waals surface area contributed by atoms with Crippen LogP contribution in [-0.4, -0.2) is 128 Å². The minimum absolute atomic E-state index is 0.00604. The van der Waals surface area contributed by atoms with E-state index in [4.69, 9.17) is 52.1 Å². The third-order valence-corrected chi connectivity index (χ3v) is 7.11. The molecule has 52 heavy (non-hydrogen) atoms. The molecule has 1 unspecified atom stereocenters. The number of carbonyl (C=O) groups excluding carboxylic acids is 7. The van der Waals surface area contributed by atoms with E-state index < -0.39 is 116 Å². The van der Waals surface area contributed by atoms with Crippen LogP contribution in [0.2, 0.25) is 0 Å². The fraction of sp³-hybridized carbons (Fsp3) is 0.562. The molecule has 2 heterocycles. The van der Waals surface area contributed by atoms with Crippen molar-refractivity contribution in [2.75, 3.05) is 13.7 Å². The predicted octanol–water partition coefficient (Wildman–Crippen LogP) is -0.00680. The summed E-state index contributed by atoms with van der Waals surface area (Å²) in [5.74, 6) is -7.83. The molecule has 1 aromatic carbocycles. The molecule has 0 amide bonds. The van der Waals surface area contributed by atoms with Crippen LogP contribution in [-0.2, 0) is 80.9 Å². The molecule has 1 aromatic rings. The van der Waals surface area contributed by atoms with E-state index in [0.717, 1.165) is 48.7 Å². The molecule has 10 atom stereocenters. The van der Waals surface area contributed by atoms with Crippen molar-refractivity contribution in [2.24, 2.45) is 0 Å². The van der Waals surface area contributed by atoms with Gasteiger partial charge in [0.1, 0.15) is 11.9 Å². The molecule has 2 saturated heterocycles. The summed E-state index contributed by atoms with van der Waals surface area (Å²) in [6, 6.07) is 4.96. The number of hydrogen-bond donors (Lipinski definition) is 1. The highest BCUT2D eigenvalue weighted by atomic mass is 16.8. The fourth-order valence-corrected chi connectivity index (χ4v) is 5.30. The van der Waals surface area contributed by atoms with Crippen LogP contribution in [0.5, 0.6) is 5.75 Å². The van der Waals surface area contributed by atoms with Gasteiger partial charge in [0.05, 0.1) is 19.3 Å². The van der Waals surface area contributed by atoms with Crippen LogP contribution in [0, 0.1) is 0 Å². The second kappa shape index (κ2) is 18.2. The van der Waals surface area contributed by atoms with Gasteiger partial charge in [0.15, 0.2) is 42.9 Å². The van der Waals surface area contributed by atoms with Crippen molar-refractivity contribution in [1.82, 2.24) is 0 Å². The number of esters is 7. The molecule has 0 saturated carbocycles. The molecule has 20 heteroatoms. The van der Waals surface area contributed by atoms with Gasteiger partial charge in [-0.2, -0.15) is 0 Å². The number of hydrogen-bond acceptors (Lipinski definition) is 19. The highest BCUT2D eigenvalue weighted by Crippen LogP contribution is 2.34. The van der Waals surface area contributed by atoms with Gasteiger partial charge in [-0.05, 0) is 24.3 Å². The summed E-state index contributed by atoms with van der Waals surface area (Å²) in [6.45, 7) is 5.36. The summed E-state index contributed by atoms with van der Waals surface area (Å²) in [6.07, 6.45) is -16.7. The number of methoxy groups -OCH3 is 1. The molecule has 20 nitrogen and oxygen atoms in total. The van der Waals surface area contributed by atoms with Crippen LogP contribution in [0.15, 0.2) is 24.3 Å². The van der Waals surface area contributed by atoms with E-state index in [1.54, 1.807) is 0 Å². The number of rotatable bonds is 13. The van der Waals surface area contributed by atoms with E-state index in [1.807, 2.05) is 0 Å². The number of carboxylic acid groups (broad SMARTS) is 1. The van der Waals surface area contributed by atoms with Crippen LogP contribution in [0.4, 0.5) is 0 Å². The Hall–Kier alpha value is -5.34. The first-order chi connectivity index (χ1) is 24.4. The minimum atomic E-state index is -1.81. The van der Waals surface area contributed by atoms with Crippen LogP contribution >= 0.6 is 0 Å². The summed E-state index contributed by atoms with van der Waals surface area (Å²) < 4.78 is 60.6. The highest BCUT2D eigenvalue weighted by molar-refractivity contribution is 5.87. The van der Waals surface area contributed by atoms with Gasteiger partial charge in [-0.15, -0.1) is 0 Å². The molecule has 2 aliphatic heterocycles. The molecule has 286 valence electrons. The van der Waals surface area contributed by atoms with Gasteiger partial charge < -0.3 is 57.2 Å². The minimum Gasteiger partial charge on any atom is -0.478 e. The first-order valence-electron chi connectivity index (χ1n) is 15.4. The Kier molecular flexibility index (Phi) is 14.4. The van der Waals surface area contributed by atoms with Crippen LogP contribution in [0.3, 0.4) is 0 Å². The number of carboxylic acids is 1. The first-order valence-corrected chi connectivity index (χ1v) is 15.4. The fourth-order valence-electron chi connectivity index (χ4n) is 5.30. The van der Waals surface area contributed by atoms with Gasteiger partial charge in [-0.3, -0.25) is 28.8 Å². The van der Waals surface area contributed by atoms with E-state index >= 15 is 0 Å². The monoisotopic (exact) mass is 742 g/mol. The number of carbonyl (C=O) groups is 8. The van der Waals surface area contributed by atoms with Crippen molar-refractivity contribution >= 4 is 47.8 Å². The summed E-state index contributed by atoms with van der Waals surface area (Å²) in [7, 11) is 0.995. The second-order valence-corrected chi connectivity index (χ2v) is 11.2. The van der Waals surface area contributed by atoms with E-state index in [1.165, 1.54) is 24.3 Å². The lowest BCUT2D eigenvalue weighted by molar-refractivity contribution is -0.323. The summed E-state index contributed by atoms with van der Waals surface area (Å²) >= 11 is 0.